The van der Waals surface area contributed by atoms with Gasteiger partial charge in [0.05, 0.1) is 12.0 Å². The Labute approximate surface area is 177 Å². The molecule has 1 aliphatic carbocycles. The summed E-state index contributed by atoms with van der Waals surface area (Å²) >= 11 is 1.49. The van der Waals surface area contributed by atoms with Crippen LogP contribution in [0.1, 0.15) is 31.2 Å². The van der Waals surface area contributed by atoms with Gasteiger partial charge in [-0.3, -0.25) is 14.4 Å². The number of carbonyl (C=O) groups is 3. The van der Waals surface area contributed by atoms with E-state index >= 15 is 0 Å². The van der Waals surface area contributed by atoms with Gasteiger partial charge in [-0.1, -0.05) is 30.3 Å². The Morgan fingerprint density at radius 3 is 2.60 bits per heavy atom. The molecule has 3 aromatic rings. The summed E-state index contributed by atoms with van der Waals surface area (Å²) in [4.78, 5) is 38.0. The summed E-state index contributed by atoms with van der Waals surface area (Å²) in [7, 11) is 1.26. The minimum atomic E-state index is -0.531. The van der Waals surface area contributed by atoms with Gasteiger partial charge in [-0.2, -0.15) is 0 Å². The first-order valence-electron chi connectivity index (χ1n) is 9.52. The Bertz CT molecular complexity index is 1140. The maximum Gasteiger partial charge on any atom is 0.325 e. The summed E-state index contributed by atoms with van der Waals surface area (Å²) in [6, 6.07) is 16.8. The van der Waals surface area contributed by atoms with Gasteiger partial charge in [-0.25, -0.2) is 0 Å². The Balaban J connectivity index is 1.48. The van der Waals surface area contributed by atoms with Crippen molar-refractivity contribution in [3.63, 3.8) is 0 Å². The van der Waals surface area contributed by atoms with E-state index in [-0.39, 0.29) is 12.5 Å². The van der Waals surface area contributed by atoms with E-state index in [4.69, 9.17) is 0 Å². The third-order valence-corrected chi connectivity index (χ3v) is 6.17. The molecule has 1 heterocycles. The van der Waals surface area contributed by atoms with Crippen molar-refractivity contribution in [2.75, 3.05) is 19.0 Å². The zero-order valence-corrected chi connectivity index (χ0v) is 17.2. The number of benzene rings is 2. The van der Waals surface area contributed by atoms with E-state index in [1.165, 1.54) is 35.1 Å². The maximum absolute atomic E-state index is 12.8. The molecule has 0 fully saturated rings. The minimum Gasteiger partial charge on any atom is -0.468 e. The van der Waals surface area contributed by atoms with Crippen LogP contribution in [0.2, 0.25) is 0 Å². The monoisotopic (exact) mass is 420 g/mol. The zero-order chi connectivity index (χ0) is 21.1. The number of ether oxygens (including phenoxy) is 1. The molecule has 2 N–H and O–H groups in total. The van der Waals surface area contributed by atoms with Crippen molar-refractivity contribution < 1.29 is 19.1 Å². The average Bonchev–Trinajstić information content (AvgIpc) is 3.22. The molecular formula is C23H20N2O4S. The highest BCUT2D eigenvalue weighted by Gasteiger charge is 2.21. The van der Waals surface area contributed by atoms with Gasteiger partial charge < -0.3 is 15.4 Å². The van der Waals surface area contributed by atoms with Crippen molar-refractivity contribution in [1.29, 1.82) is 0 Å². The van der Waals surface area contributed by atoms with E-state index in [1.807, 2.05) is 18.2 Å². The summed E-state index contributed by atoms with van der Waals surface area (Å²) in [6.07, 6.45) is 1.90. The maximum atomic E-state index is 12.8. The number of esters is 1. The molecule has 0 bridgehead atoms. The van der Waals surface area contributed by atoms with Gasteiger partial charge >= 0.3 is 5.97 Å². The molecule has 4 rings (SSSR count). The number of amides is 2. The fourth-order valence-electron chi connectivity index (χ4n) is 3.44. The Morgan fingerprint density at radius 2 is 1.77 bits per heavy atom. The smallest absolute Gasteiger partial charge is 0.325 e. The van der Waals surface area contributed by atoms with Crippen LogP contribution >= 0.6 is 11.3 Å². The van der Waals surface area contributed by atoms with E-state index in [0.29, 0.717) is 16.1 Å². The van der Waals surface area contributed by atoms with E-state index in [9.17, 15) is 14.4 Å². The first kappa shape index (κ1) is 19.8. The molecule has 0 radical (unpaired) electrons. The largest absolute Gasteiger partial charge is 0.468 e. The number of rotatable bonds is 5. The van der Waals surface area contributed by atoms with Gasteiger partial charge in [0.2, 0.25) is 0 Å². The first-order valence-corrected chi connectivity index (χ1v) is 10.3. The standard InChI is InChI=1S/C23H20N2O4S/c1-29-20(26)13-24-22(27)16-6-4-7-17(11-16)25-23(28)19-12-15-10-9-14-5-2-3-8-18(14)21(15)30-19/h2-8,11-12H,9-10,13H2,1H3,(H,24,27)(H,25,28). The molecule has 30 heavy (non-hydrogen) atoms. The number of methoxy groups -OCH3 is 1. The molecule has 0 unspecified atom stereocenters. The van der Waals surface area contributed by atoms with Crippen molar-refractivity contribution in [2.45, 2.75) is 12.8 Å². The summed E-state index contributed by atoms with van der Waals surface area (Å²) in [5, 5.41) is 5.34. The van der Waals surface area contributed by atoms with E-state index in [2.05, 4.69) is 27.5 Å². The van der Waals surface area contributed by atoms with Crippen LogP contribution in [0.15, 0.2) is 54.6 Å². The van der Waals surface area contributed by atoms with E-state index < -0.39 is 11.9 Å². The zero-order valence-electron chi connectivity index (χ0n) is 16.4. The third kappa shape index (κ3) is 4.11. The van der Waals surface area contributed by atoms with Crippen LogP contribution < -0.4 is 10.6 Å². The number of fused-ring (bicyclic) bond motifs is 3. The van der Waals surface area contributed by atoms with Crippen molar-refractivity contribution in [2.24, 2.45) is 0 Å². The highest BCUT2D eigenvalue weighted by atomic mass is 32.1. The summed E-state index contributed by atoms with van der Waals surface area (Å²) in [5.41, 5.74) is 4.56. The van der Waals surface area contributed by atoms with Gasteiger partial charge in [0.1, 0.15) is 6.54 Å². The second kappa shape index (κ2) is 8.51. The lowest BCUT2D eigenvalue weighted by atomic mass is 9.91. The van der Waals surface area contributed by atoms with Crippen LogP contribution in [0.5, 0.6) is 0 Å². The molecule has 0 saturated carbocycles. The molecule has 2 aromatic carbocycles. The normalized spacial score (nSPS) is 11.8. The second-order valence-corrected chi connectivity index (χ2v) is 7.97. The highest BCUT2D eigenvalue weighted by Crippen LogP contribution is 2.39. The van der Waals surface area contributed by atoms with Crippen molar-refractivity contribution in [3.8, 4) is 10.4 Å². The van der Waals surface area contributed by atoms with Gasteiger partial charge in [-0.05, 0) is 53.8 Å². The molecule has 1 aromatic heterocycles. The van der Waals surface area contributed by atoms with Crippen molar-refractivity contribution in [1.82, 2.24) is 5.32 Å². The first-order chi connectivity index (χ1) is 14.5. The van der Waals surface area contributed by atoms with E-state index in [1.54, 1.807) is 24.3 Å². The minimum absolute atomic E-state index is 0.209. The van der Waals surface area contributed by atoms with Crippen LogP contribution in [0, 0.1) is 0 Å². The Morgan fingerprint density at radius 1 is 0.967 bits per heavy atom. The lowest BCUT2D eigenvalue weighted by Gasteiger charge is -2.15. The second-order valence-electron chi connectivity index (χ2n) is 6.92. The highest BCUT2D eigenvalue weighted by molar-refractivity contribution is 7.17. The van der Waals surface area contributed by atoms with Crippen LogP contribution in [0.3, 0.4) is 0 Å². The van der Waals surface area contributed by atoms with Crippen LogP contribution in [0.25, 0.3) is 10.4 Å². The molecule has 0 aliphatic heterocycles. The fraction of sp³-hybridized carbons (Fsp3) is 0.174. The van der Waals surface area contributed by atoms with E-state index in [0.717, 1.165) is 17.7 Å². The number of hydrogen-bond acceptors (Lipinski definition) is 5. The number of anilines is 1. The lowest BCUT2D eigenvalue weighted by Crippen LogP contribution is -2.30. The predicted molar refractivity (Wildman–Crippen MR) is 116 cm³/mol. The summed E-state index contributed by atoms with van der Waals surface area (Å²) in [5.74, 6) is -1.16. The van der Waals surface area contributed by atoms with Crippen LogP contribution in [-0.4, -0.2) is 31.4 Å². The fourth-order valence-corrected chi connectivity index (χ4v) is 4.61. The molecule has 0 atom stereocenters. The Hall–Kier alpha value is -3.45. The molecule has 1 aliphatic rings. The van der Waals surface area contributed by atoms with Gasteiger partial charge in [0.15, 0.2) is 0 Å². The van der Waals surface area contributed by atoms with Gasteiger partial charge in [0, 0.05) is 16.1 Å². The molecule has 152 valence electrons. The molecule has 0 saturated heterocycles. The molecule has 6 nitrogen and oxygen atoms in total. The predicted octanol–water partition coefficient (Wildman–Crippen LogP) is 3.67. The third-order valence-electron chi connectivity index (χ3n) is 4.96. The summed E-state index contributed by atoms with van der Waals surface area (Å²) in [6.45, 7) is -0.214. The SMILES string of the molecule is COC(=O)CNC(=O)c1cccc(NC(=O)c2cc3c(s2)-c2ccccc2CC3)c1. The topological polar surface area (TPSA) is 84.5 Å². The Kier molecular flexibility index (Phi) is 5.63. The average molecular weight is 420 g/mol. The quantitative estimate of drug-likeness (QED) is 0.617. The van der Waals surface area contributed by atoms with Crippen molar-refractivity contribution in [3.05, 3.63) is 76.2 Å². The van der Waals surface area contributed by atoms with Crippen molar-refractivity contribution >= 4 is 34.8 Å². The number of carbonyl (C=O) groups excluding carboxylic acids is 3. The van der Waals surface area contributed by atoms with Gasteiger partial charge in [-0.15, -0.1) is 11.3 Å². The van der Waals surface area contributed by atoms with Gasteiger partial charge in [0.25, 0.3) is 11.8 Å². The number of thiophene rings is 1. The number of aryl methyl sites for hydroxylation is 2. The molecule has 7 heteroatoms. The molecular weight excluding hydrogens is 400 g/mol. The van der Waals surface area contributed by atoms with Crippen LogP contribution in [-0.2, 0) is 22.4 Å². The molecule has 2 amide bonds. The molecule has 0 spiro atoms. The summed E-state index contributed by atoms with van der Waals surface area (Å²) < 4.78 is 4.51. The number of hydrogen-bond donors (Lipinski definition) is 2. The van der Waals surface area contributed by atoms with Crippen LogP contribution in [0.4, 0.5) is 5.69 Å². The number of nitrogens with one attached hydrogen (secondary N) is 2. The lowest BCUT2D eigenvalue weighted by molar-refractivity contribution is -0.139.